The number of aliphatic hydroxyl groups excluding tert-OH is 1. The van der Waals surface area contributed by atoms with Crippen molar-refractivity contribution in [2.75, 3.05) is 18.4 Å². The van der Waals surface area contributed by atoms with Crippen LogP contribution in [-0.2, 0) is 11.2 Å². The molecule has 3 rings (SSSR count). The molecule has 2 unspecified atom stereocenters. The fraction of sp³-hybridized carbons (Fsp3) is 0.381. The highest BCUT2D eigenvalue weighted by Crippen LogP contribution is 2.20. The minimum Gasteiger partial charge on any atom is -0.392 e. The molecular weight excluding hydrogens is 312 g/mol. The van der Waals surface area contributed by atoms with Crippen LogP contribution in [0.3, 0.4) is 0 Å². The normalized spacial score (nSPS) is 19.4. The number of anilines is 1. The third-order valence-electron chi connectivity index (χ3n) is 4.87. The predicted molar refractivity (Wildman–Crippen MR) is 101 cm³/mol. The van der Waals surface area contributed by atoms with Gasteiger partial charge in [0.25, 0.3) is 0 Å². The van der Waals surface area contributed by atoms with E-state index < -0.39 is 0 Å². The summed E-state index contributed by atoms with van der Waals surface area (Å²) in [5.74, 6) is -0.0189. The number of piperidine rings is 1. The van der Waals surface area contributed by atoms with E-state index >= 15 is 0 Å². The lowest BCUT2D eigenvalue weighted by molar-refractivity contribution is -0.121. The number of rotatable bonds is 5. The number of amides is 1. The third-order valence-corrected chi connectivity index (χ3v) is 4.87. The minimum absolute atomic E-state index is 0.0189. The SMILES string of the molecule is CC(C(=O)Nc1ccccc1Cc1ccccc1)N1CCCC(O)C1. The lowest BCUT2D eigenvalue weighted by Crippen LogP contribution is -2.48. The summed E-state index contributed by atoms with van der Waals surface area (Å²) < 4.78 is 0. The van der Waals surface area contributed by atoms with Gasteiger partial charge in [-0.1, -0.05) is 48.5 Å². The van der Waals surface area contributed by atoms with Crippen molar-refractivity contribution in [3.63, 3.8) is 0 Å². The number of benzene rings is 2. The van der Waals surface area contributed by atoms with Crippen molar-refractivity contribution in [1.29, 1.82) is 0 Å². The van der Waals surface area contributed by atoms with Gasteiger partial charge in [0.15, 0.2) is 0 Å². The quantitative estimate of drug-likeness (QED) is 0.881. The summed E-state index contributed by atoms with van der Waals surface area (Å²) in [4.78, 5) is 14.7. The number of aliphatic hydroxyl groups is 1. The van der Waals surface area contributed by atoms with E-state index in [4.69, 9.17) is 0 Å². The topological polar surface area (TPSA) is 52.6 Å². The van der Waals surface area contributed by atoms with Crippen molar-refractivity contribution in [3.8, 4) is 0 Å². The molecule has 2 N–H and O–H groups in total. The maximum atomic E-state index is 12.7. The molecule has 1 fully saturated rings. The van der Waals surface area contributed by atoms with Gasteiger partial charge >= 0.3 is 0 Å². The molecule has 0 bridgehead atoms. The Kier molecular flexibility index (Phi) is 5.84. The van der Waals surface area contributed by atoms with Gasteiger partial charge in [0, 0.05) is 12.2 Å². The zero-order valence-electron chi connectivity index (χ0n) is 14.7. The molecule has 1 amide bonds. The zero-order valence-corrected chi connectivity index (χ0v) is 14.7. The van der Waals surface area contributed by atoms with Gasteiger partial charge in [0.1, 0.15) is 0 Å². The number of hydrogen-bond acceptors (Lipinski definition) is 3. The first kappa shape index (κ1) is 17.6. The highest BCUT2D eigenvalue weighted by molar-refractivity contribution is 5.95. The van der Waals surface area contributed by atoms with Crippen LogP contribution in [0, 0.1) is 0 Å². The standard InChI is InChI=1S/C21H26N2O2/c1-16(23-13-7-11-19(24)15-23)21(25)22-20-12-6-5-10-18(20)14-17-8-3-2-4-9-17/h2-6,8-10,12,16,19,24H,7,11,13-15H2,1H3,(H,22,25). The number of carbonyl (C=O) groups excluding carboxylic acids is 1. The van der Waals surface area contributed by atoms with E-state index in [1.807, 2.05) is 43.3 Å². The second-order valence-corrected chi connectivity index (χ2v) is 6.78. The van der Waals surface area contributed by atoms with Gasteiger partial charge in [-0.15, -0.1) is 0 Å². The van der Waals surface area contributed by atoms with E-state index in [1.165, 1.54) is 5.56 Å². The third kappa shape index (κ3) is 4.68. The van der Waals surface area contributed by atoms with E-state index in [9.17, 15) is 9.90 Å². The molecule has 4 nitrogen and oxygen atoms in total. The average molecular weight is 338 g/mol. The minimum atomic E-state index is -0.325. The summed E-state index contributed by atoms with van der Waals surface area (Å²) in [6.45, 7) is 3.34. The molecule has 0 spiro atoms. The van der Waals surface area contributed by atoms with Crippen molar-refractivity contribution in [2.24, 2.45) is 0 Å². The molecule has 4 heteroatoms. The van der Waals surface area contributed by atoms with Crippen LogP contribution in [0.2, 0.25) is 0 Å². The van der Waals surface area contributed by atoms with E-state index in [2.05, 4.69) is 28.4 Å². The number of hydrogen-bond donors (Lipinski definition) is 2. The molecule has 0 saturated carbocycles. The van der Waals surface area contributed by atoms with Gasteiger partial charge in [-0.25, -0.2) is 0 Å². The van der Waals surface area contributed by atoms with Crippen LogP contribution in [0.1, 0.15) is 30.9 Å². The van der Waals surface area contributed by atoms with Crippen molar-refractivity contribution >= 4 is 11.6 Å². The van der Waals surface area contributed by atoms with Crippen molar-refractivity contribution in [3.05, 3.63) is 65.7 Å². The van der Waals surface area contributed by atoms with Crippen LogP contribution in [0.15, 0.2) is 54.6 Å². The Morgan fingerprint density at radius 2 is 1.92 bits per heavy atom. The van der Waals surface area contributed by atoms with Gasteiger partial charge in [0.2, 0.25) is 5.91 Å². The summed E-state index contributed by atoms with van der Waals surface area (Å²) in [5.41, 5.74) is 3.19. The lowest BCUT2D eigenvalue weighted by Gasteiger charge is -2.34. The predicted octanol–water partition coefficient (Wildman–Crippen LogP) is 3.06. The Bertz CT molecular complexity index is 702. The summed E-state index contributed by atoms with van der Waals surface area (Å²) in [5, 5.41) is 12.9. The summed E-state index contributed by atoms with van der Waals surface area (Å²) in [6, 6.07) is 17.9. The van der Waals surface area contributed by atoms with E-state index in [-0.39, 0.29) is 18.1 Å². The maximum Gasteiger partial charge on any atom is 0.241 e. The van der Waals surface area contributed by atoms with Crippen LogP contribution in [0.4, 0.5) is 5.69 Å². The van der Waals surface area contributed by atoms with E-state index in [0.29, 0.717) is 6.54 Å². The number of carbonyl (C=O) groups is 1. The zero-order chi connectivity index (χ0) is 17.6. The molecular formula is C21H26N2O2. The first-order chi connectivity index (χ1) is 12.1. The number of para-hydroxylation sites is 1. The number of β-amino-alcohol motifs (C(OH)–C–C–N with tert-alkyl or cyclic N) is 1. The molecule has 25 heavy (non-hydrogen) atoms. The molecule has 1 aliphatic rings. The Morgan fingerprint density at radius 3 is 2.68 bits per heavy atom. The second kappa shape index (κ2) is 8.28. The Morgan fingerprint density at radius 1 is 1.20 bits per heavy atom. The Hall–Kier alpha value is -2.17. The van der Waals surface area contributed by atoms with Gasteiger partial charge in [0.05, 0.1) is 12.1 Å². The van der Waals surface area contributed by atoms with Gasteiger partial charge < -0.3 is 10.4 Å². The first-order valence-electron chi connectivity index (χ1n) is 8.98. The molecule has 1 aliphatic heterocycles. The van der Waals surface area contributed by atoms with Crippen LogP contribution in [-0.4, -0.2) is 41.1 Å². The van der Waals surface area contributed by atoms with E-state index in [1.54, 1.807) is 0 Å². The second-order valence-electron chi connectivity index (χ2n) is 6.78. The van der Waals surface area contributed by atoms with Crippen LogP contribution in [0.25, 0.3) is 0 Å². The summed E-state index contributed by atoms with van der Waals surface area (Å²) in [6.07, 6.45) is 2.22. The van der Waals surface area contributed by atoms with Crippen molar-refractivity contribution < 1.29 is 9.90 Å². The molecule has 2 aromatic carbocycles. The fourth-order valence-corrected chi connectivity index (χ4v) is 3.35. The molecule has 2 atom stereocenters. The molecule has 1 saturated heterocycles. The van der Waals surface area contributed by atoms with Crippen LogP contribution < -0.4 is 5.32 Å². The molecule has 132 valence electrons. The molecule has 0 aliphatic carbocycles. The summed E-state index contributed by atoms with van der Waals surface area (Å²) >= 11 is 0. The van der Waals surface area contributed by atoms with Gasteiger partial charge in [-0.05, 0) is 49.9 Å². The largest absolute Gasteiger partial charge is 0.392 e. The Labute approximate surface area is 149 Å². The molecule has 0 aromatic heterocycles. The highest BCUT2D eigenvalue weighted by atomic mass is 16.3. The van der Waals surface area contributed by atoms with Crippen LogP contribution >= 0.6 is 0 Å². The smallest absolute Gasteiger partial charge is 0.241 e. The van der Waals surface area contributed by atoms with Crippen molar-refractivity contribution in [2.45, 2.75) is 38.3 Å². The molecule has 2 aromatic rings. The van der Waals surface area contributed by atoms with Crippen molar-refractivity contribution in [1.82, 2.24) is 4.90 Å². The average Bonchev–Trinajstić information content (AvgIpc) is 2.63. The highest BCUT2D eigenvalue weighted by Gasteiger charge is 2.26. The van der Waals surface area contributed by atoms with Crippen LogP contribution in [0.5, 0.6) is 0 Å². The van der Waals surface area contributed by atoms with Gasteiger partial charge in [-0.2, -0.15) is 0 Å². The Balaban J connectivity index is 1.69. The monoisotopic (exact) mass is 338 g/mol. The number of nitrogens with zero attached hydrogens (tertiary/aromatic N) is 1. The molecule has 0 radical (unpaired) electrons. The summed E-state index contributed by atoms with van der Waals surface area (Å²) in [7, 11) is 0. The fourth-order valence-electron chi connectivity index (χ4n) is 3.35. The number of likely N-dealkylation sites (tertiary alicyclic amines) is 1. The van der Waals surface area contributed by atoms with E-state index in [0.717, 1.165) is 37.1 Å². The maximum absolute atomic E-state index is 12.7. The number of nitrogens with one attached hydrogen (secondary N) is 1. The lowest BCUT2D eigenvalue weighted by atomic mass is 10.0. The first-order valence-corrected chi connectivity index (χ1v) is 8.98. The van der Waals surface area contributed by atoms with Gasteiger partial charge in [-0.3, -0.25) is 9.69 Å². The molecule has 1 heterocycles.